The average Bonchev–Trinajstić information content (AvgIpc) is 3.27. The summed E-state index contributed by atoms with van der Waals surface area (Å²) in [7, 11) is -3.35. The zero-order valence-electron chi connectivity index (χ0n) is 18.6. The van der Waals surface area contributed by atoms with Crippen LogP contribution in [0.15, 0.2) is 35.7 Å². The zero-order valence-corrected chi connectivity index (χ0v) is 20.3. The highest BCUT2D eigenvalue weighted by Crippen LogP contribution is 2.24. The van der Waals surface area contributed by atoms with Crippen molar-refractivity contribution < 1.29 is 13.2 Å². The molecule has 7 nitrogen and oxygen atoms in total. The normalized spacial score (nSPS) is 19.3. The molecule has 0 radical (unpaired) electrons. The van der Waals surface area contributed by atoms with Crippen molar-refractivity contribution in [3.63, 3.8) is 0 Å². The van der Waals surface area contributed by atoms with E-state index in [2.05, 4.69) is 22.2 Å². The van der Waals surface area contributed by atoms with Crippen LogP contribution in [0.3, 0.4) is 0 Å². The fourth-order valence-corrected chi connectivity index (χ4v) is 6.75. The fourth-order valence-electron chi connectivity index (χ4n) is 4.45. The maximum absolute atomic E-state index is 13.0. The largest absolute Gasteiger partial charge is 0.340 e. The van der Waals surface area contributed by atoms with Gasteiger partial charge in [-0.05, 0) is 24.8 Å². The van der Waals surface area contributed by atoms with Gasteiger partial charge in [-0.1, -0.05) is 37.3 Å². The Hall–Kier alpha value is -1.81. The van der Waals surface area contributed by atoms with Crippen LogP contribution in [0.1, 0.15) is 36.0 Å². The molecule has 2 aliphatic rings. The monoisotopic (exact) mass is 476 g/mol. The third kappa shape index (κ3) is 5.75. The van der Waals surface area contributed by atoms with E-state index in [0.717, 1.165) is 50.4 Å². The van der Waals surface area contributed by atoms with Crippen molar-refractivity contribution in [2.45, 2.75) is 38.5 Å². The number of benzene rings is 1. The summed E-state index contributed by atoms with van der Waals surface area (Å²) in [4.78, 5) is 22.0. The first kappa shape index (κ1) is 23.4. The summed E-state index contributed by atoms with van der Waals surface area (Å²) in [5.74, 6) is 0.134. The summed E-state index contributed by atoms with van der Waals surface area (Å²) < 4.78 is 27.1. The number of piperazine rings is 1. The lowest BCUT2D eigenvalue weighted by Gasteiger charge is -2.38. The molecule has 1 amide bonds. The molecule has 32 heavy (non-hydrogen) atoms. The van der Waals surface area contributed by atoms with Crippen molar-refractivity contribution in [3.8, 4) is 0 Å². The zero-order chi connectivity index (χ0) is 22.6. The van der Waals surface area contributed by atoms with E-state index in [-0.39, 0.29) is 17.6 Å². The maximum atomic E-state index is 13.0. The topological polar surface area (TPSA) is 73.8 Å². The maximum Gasteiger partial charge on any atom is 0.225 e. The highest BCUT2D eigenvalue weighted by atomic mass is 32.2. The van der Waals surface area contributed by atoms with Gasteiger partial charge in [0.15, 0.2) is 0 Å². The molecule has 0 N–H and O–H groups in total. The van der Waals surface area contributed by atoms with Crippen LogP contribution in [0.25, 0.3) is 0 Å². The van der Waals surface area contributed by atoms with Crippen molar-refractivity contribution in [3.05, 3.63) is 52.0 Å². The highest BCUT2D eigenvalue weighted by Gasteiger charge is 2.34. The first-order valence-corrected chi connectivity index (χ1v) is 13.9. The van der Waals surface area contributed by atoms with Crippen molar-refractivity contribution in [2.24, 2.45) is 5.92 Å². The number of nitrogens with zero attached hydrogens (tertiary/aromatic N) is 4. The number of hydrogen-bond donors (Lipinski definition) is 0. The second-order valence-electron chi connectivity index (χ2n) is 8.60. The predicted molar refractivity (Wildman–Crippen MR) is 127 cm³/mol. The Balaban J connectivity index is 1.23. The van der Waals surface area contributed by atoms with Gasteiger partial charge in [0.05, 0.1) is 16.5 Å². The van der Waals surface area contributed by atoms with E-state index in [1.165, 1.54) is 5.01 Å². The number of amides is 1. The van der Waals surface area contributed by atoms with Crippen LogP contribution >= 0.6 is 11.3 Å². The van der Waals surface area contributed by atoms with Gasteiger partial charge in [-0.2, -0.15) is 0 Å². The Kier molecular flexibility index (Phi) is 7.60. The van der Waals surface area contributed by atoms with Crippen LogP contribution in [-0.4, -0.2) is 72.7 Å². The molecule has 4 rings (SSSR count). The molecule has 174 valence electrons. The molecule has 2 aromatic rings. The number of rotatable bonds is 7. The first-order chi connectivity index (χ1) is 15.4. The molecule has 2 fully saturated rings. The minimum atomic E-state index is -3.35. The van der Waals surface area contributed by atoms with E-state index in [9.17, 15) is 13.2 Å². The molecule has 1 aromatic heterocycles. The van der Waals surface area contributed by atoms with Crippen LogP contribution in [0, 0.1) is 5.92 Å². The van der Waals surface area contributed by atoms with Crippen LogP contribution in [0.4, 0.5) is 0 Å². The number of sulfonamides is 1. The van der Waals surface area contributed by atoms with Gasteiger partial charge in [-0.25, -0.2) is 17.7 Å². The van der Waals surface area contributed by atoms with Gasteiger partial charge in [0.2, 0.25) is 15.9 Å². The van der Waals surface area contributed by atoms with Crippen LogP contribution < -0.4 is 0 Å². The predicted octanol–water partition coefficient (Wildman–Crippen LogP) is 2.59. The average molecular weight is 477 g/mol. The van der Waals surface area contributed by atoms with Gasteiger partial charge in [-0.15, -0.1) is 11.3 Å². The molecule has 1 aromatic carbocycles. The van der Waals surface area contributed by atoms with Crippen LogP contribution in [0.5, 0.6) is 0 Å². The van der Waals surface area contributed by atoms with E-state index >= 15 is 0 Å². The Morgan fingerprint density at radius 1 is 1.06 bits per heavy atom. The minimum Gasteiger partial charge on any atom is -0.340 e. The summed E-state index contributed by atoms with van der Waals surface area (Å²) in [6.45, 7) is 6.99. The summed E-state index contributed by atoms with van der Waals surface area (Å²) in [6.07, 6.45) is 2.18. The Morgan fingerprint density at radius 3 is 2.38 bits per heavy atom. The van der Waals surface area contributed by atoms with E-state index in [0.29, 0.717) is 25.9 Å². The van der Waals surface area contributed by atoms with Crippen molar-refractivity contribution in [2.75, 3.05) is 39.3 Å². The van der Waals surface area contributed by atoms with E-state index in [1.54, 1.807) is 15.6 Å². The number of piperidine rings is 1. The van der Waals surface area contributed by atoms with Crippen molar-refractivity contribution in [1.82, 2.24) is 19.1 Å². The van der Waals surface area contributed by atoms with Gasteiger partial charge in [0.25, 0.3) is 0 Å². The third-order valence-electron chi connectivity index (χ3n) is 6.36. The Morgan fingerprint density at radius 2 is 1.75 bits per heavy atom. The van der Waals surface area contributed by atoms with E-state index in [1.807, 2.05) is 35.2 Å². The first-order valence-electron chi connectivity index (χ1n) is 11.4. The number of thiazole rings is 1. The molecule has 0 bridgehead atoms. The number of carbonyl (C=O) groups excluding carboxylic acids is 1. The number of aryl methyl sites for hydroxylation is 1. The summed E-state index contributed by atoms with van der Waals surface area (Å²) in [6, 6.07) is 9.27. The fraction of sp³-hybridized carbons (Fsp3) is 0.565. The molecule has 0 aliphatic carbocycles. The molecular weight excluding hydrogens is 444 g/mol. The standard InChI is InChI=1S/C23H32N4O3S2/c1-2-22-24-21(17-31-22)16-25-12-14-26(15-13-25)23(28)20-8-10-27(11-9-20)32(29,30)18-19-6-4-3-5-7-19/h3-7,17,20H,2,8-16,18H2,1H3. The Labute approximate surface area is 195 Å². The van der Waals surface area contributed by atoms with Crippen LogP contribution in [-0.2, 0) is 33.5 Å². The second-order valence-corrected chi connectivity index (χ2v) is 11.5. The lowest BCUT2D eigenvalue weighted by molar-refractivity contribution is -0.138. The minimum absolute atomic E-state index is 0.0210. The summed E-state index contributed by atoms with van der Waals surface area (Å²) in [5.41, 5.74) is 1.92. The number of hydrogen-bond acceptors (Lipinski definition) is 6. The molecule has 0 unspecified atom stereocenters. The second kappa shape index (κ2) is 10.4. The highest BCUT2D eigenvalue weighted by molar-refractivity contribution is 7.88. The van der Waals surface area contributed by atoms with Gasteiger partial charge in [0, 0.05) is 57.1 Å². The lowest BCUT2D eigenvalue weighted by Crippen LogP contribution is -2.51. The molecule has 9 heteroatoms. The summed E-state index contributed by atoms with van der Waals surface area (Å²) >= 11 is 1.72. The SMILES string of the molecule is CCc1nc(CN2CCN(C(=O)C3CCN(S(=O)(=O)Cc4ccccc4)CC3)CC2)cs1. The van der Waals surface area contributed by atoms with E-state index < -0.39 is 10.0 Å². The Bertz CT molecular complexity index is 993. The molecule has 2 saturated heterocycles. The number of aromatic nitrogens is 1. The van der Waals surface area contributed by atoms with Crippen LogP contribution in [0.2, 0.25) is 0 Å². The van der Waals surface area contributed by atoms with Gasteiger partial charge in [0.1, 0.15) is 0 Å². The van der Waals surface area contributed by atoms with Crippen molar-refractivity contribution >= 4 is 27.3 Å². The van der Waals surface area contributed by atoms with E-state index in [4.69, 9.17) is 0 Å². The molecule has 2 aliphatic heterocycles. The molecule has 3 heterocycles. The lowest BCUT2D eigenvalue weighted by atomic mass is 9.96. The number of carbonyl (C=O) groups is 1. The molecule has 0 spiro atoms. The third-order valence-corrected chi connectivity index (χ3v) is 9.25. The van der Waals surface area contributed by atoms with Gasteiger partial charge >= 0.3 is 0 Å². The molecule has 0 saturated carbocycles. The van der Waals surface area contributed by atoms with Gasteiger partial charge < -0.3 is 4.90 Å². The smallest absolute Gasteiger partial charge is 0.225 e. The quantitative estimate of drug-likeness (QED) is 0.614. The van der Waals surface area contributed by atoms with Gasteiger partial charge in [-0.3, -0.25) is 9.69 Å². The summed E-state index contributed by atoms with van der Waals surface area (Å²) in [5, 5.41) is 3.31. The molecular formula is C23H32N4O3S2. The molecule has 0 atom stereocenters. The van der Waals surface area contributed by atoms with Crippen molar-refractivity contribution in [1.29, 1.82) is 0 Å².